The standard InChI is InChI=1S/C37H51F3N4O6/c1-24-21-44(25(2)23-45)35(47)31-20-30(41-34(46)27-11-6-5-7-12-27)17-18-32(31)50-26(3)10-8-9-19-49-33(24)22-43(4)36(48)42-29-15-13-28(14-16-29)37(38,39)40/h13-18,20,24-27,33,45H,5-12,19,21-23H2,1-4H3,(H,41,46)(H,42,48)/t24-,25+,26+,33-/m0/s1. The van der Waals surface area contributed by atoms with E-state index in [1.807, 2.05) is 13.8 Å². The van der Waals surface area contributed by atoms with E-state index in [1.54, 1.807) is 37.1 Å². The average Bonchev–Trinajstić information content (AvgIpc) is 3.09. The lowest BCUT2D eigenvalue weighted by molar-refractivity contribution is -0.137. The van der Waals surface area contributed by atoms with E-state index >= 15 is 0 Å². The summed E-state index contributed by atoms with van der Waals surface area (Å²) in [6.07, 6.45) is 1.84. The number of ether oxygens (including phenoxy) is 2. The van der Waals surface area contributed by atoms with Crippen LogP contribution in [0, 0.1) is 11.8 Å². The minimum Gasteiger partial charge on any atom is -0.490 e. The van der Waals surface area contributed by atoms with E-state index in [2.05, 4.69) is 10.6 Å². The van der Waals surface area contributed by atoms with E-state index in [4.69, 9.17) is 9.47 Å². The molecule has 2 aromatic rings. The number of nitrogens with zero attached hydrogens (tertiary/aromatic N) is 2. The Balaban J connectivity index is 1.55. The van der Waals surface area contributed by atoms with Crippen LogP contribution >= 0.6 is 0 Å². The first-order chi connectivity index (χ1) is 23.8. The third-order valence-corrected chi connectivity index (χ3v) is 9.56. The van der Waals surface area contributed by atoms with Crippen LogP contribution in [-0.2, 0) is 15.7 Å². The lowest BCUT2D eigenvalue weighted by atomic mass is 9.88. The van der Waals surface area contributed by atoms with E-state index in [1.165, 1.54) is 17.0 Å². The SMILES string of the molecule is C[C@@H]1CCCCO[C@@H](CN(C)C(=O)Nc2ccc(C(F)(F)F)cc2)[C@@H](C)CN([C@H](C)CO)C(=O)c2cc(NC(=O)C3CCCCC3)ccc2O1. The van der Waals surface area contributed by atoms with Gasteiger partial charge in [-0.3, -0.25) is 9.59 Å². The Morgan fingerprint density at radius 2 is 1.64 bits per heavy atom. The Labute approximate surface area is 292 Å². The van der Waals surface area contributed by atoms with Crippen molar-refractivity contribution in [2.75, 3.05) is 44.0 Å². The fourth-order valence-electron chi connectivity index (χ4n) is 6.39. The number of likely N-dealkylation sites (N-methyl/N-ethyl adjacent to an activating group) is 1. The van der Waals surface area contributed by atoms with Crippen LogP contribution in [-0.4, -0.2) is 84.4 Å². The van der Waals surface area contributed by atoms with E-state index in [0.29, 0.717) is 24.5 Å². The highest BCUT2D eigenvalue weighted by atomic mass is 19.4. The number of aliphatic hydroxyl groups is 1. The molecule has 0 saturated heterocycles. The maximum absolute atomic E-state index is 14.4. The minimum absolute atomic E-state index is 0.0621. The van der Waals surface area contributed by atoms with Gasteiger partial charge in [-0.25, -0.2) is 4.79 Å². The molecular weight excluding hydrogens is 653 g/mol. The average molecular weight is 705 g/mol. The smallest absolute Gasteiger partial charge is 0.416 e. The fraction of sp³-hybridized carbons (Fsp3) is 0.595. The topological polar surface area (TPSA) is 120 Å². The Morgan fingerprint density at radius 3 is 2.30 bits per heavy atom. The summed E-state index contributed by atoms with van der Waals surface area (Å²) in [7, 11) is 1.57. The summed E-state index contributed by atoms with van der Waals surface area (Å²) in [6, 6.07) is 8.22. The second-order valence-electron chi connectivity index (χ2n) is 13.7. The van der Waals surface area contributed by atoms with Crippen LogP contribution in [0.5, 0.6) is 5.75 Å². The van der Waals surface area contributed by atoms with Gasteiger partial charge in [-0.2, -0.15) is 13.2 Å². The first-order valence-corrected chi connectivity index (χ1v) is 17.6. The van der Waals surface area contributed by atoms with Crippen molar-refractivity contribution in [3.63, 3.8) is 0 Å². The van der Waals surface area contributed by atoms with Crippen LogP contribution in [0.2, 0.25) is 0 Å². The van der Waals surface area contributed by atoms with Gasteiger partial charge in [-0.05, 0) is 88.4 Å². The highest BCUT2D eigenvalue weighted by Crippen LogP contribution is 2.31. The van der Waals surface area contributed by atoms with E-state index < -0.39 is 29.9 Å². The number of benzene rings is 2. The second kappa shape index (κ2) is 17.9. The summed E-state index contributed by atoms with van der Waals surface area (Å²) in [5.41, 5.74) is 0.170. The zero-order chi connectivity index (χ0) is 36.4. The number of amides is 4. The molecule has 1 fully saturated rings. The Morgan fingerprint density at radius 1 is 0.980 bits per heavy atom. The molecule has 13 heteroatoms. The number of rotatable bonds is 7. The number of aliphatic hydroxyl groups excluding tert-OH is 1. The largest absolute Gasteiger partial charge is 0.490 e. The van der Waals surface area contributed by atoms with Crippen molar-refractivity contribution in [2.45, 2.75) is 96.6 Å². The first kappa shape index (κ1) is 39.0. The Bertz CT molecular complexity index is 1430. The number of hydrogen-bond donors (Lipinski definition) is 3. The van der Waals surface area contributed by atoms with Gasteiger partial charge >= 0.3 is 12.2 Å². The summed E-state index contributed by atoms with van der Waals surface area (Å²) in [4.78, 5) is 43.5. The van der Waals surface area contributed by atoms with Crippen molar-refractivity contribution in [2.24, 2.45) is 11.8 Å². The molecule has 2 aliphatic rings. The molecule has 276 valence electrons. The number of hydrogen-bond acceptors (Lipinski definition) is 6. The molecule has 1 saturated carbocycles. The molecule has 1 aliphatic heterocycles. The highest BCUT2D eigenvalue weighted by molar-refractivity contribution is 6.00. The van der Waals surface area contributed by atoms with Crippen LogP contribution in [0.15, 0.2) is 42.5 Å². The lowest BCUT2D eigenvalue weighted by Crippen LogP contribution is -2.48. The van der Waals surface area contributed by atoms with E-state index in [-0.39, 0.29) is 60.7 Å². The number of fused-ring (bicyclic) bond motifs is 1. The predicted octanol–water partition coefficient (Wildman–Crippen LogP) is 7.18. The number of nitrogens with one attached hydrogen (secondary N) is 2. The maximum atomic E-state index is 14.4. The number of urea groups is 1. The molecule has 4 rings (SSSR count). The summed E-state index contributed by atoms with van der Waals surface area (Å²) in [5, 5.41) is 15.9. The molecule has 2 aromatic carbocycles. The van der Waals surface area contributed by atoms with Crippen LogP contribution in [0.25, 0.3) is 0 Å². The summed E-state index contributed by atoms with van der Waals surface area (Å²) < 4.78 is 51.6. The summed E-state index contributed by atoms with van der Waals surface area (Å²) in [5.74, 6) is -0.421. The molecule has 0 unspecified atom stereocenters. The molecule has 0 bridgehead atoms. The van der Waals surface area contributed by atoms with Gasteiger partial charge in [0.15, 0.2) is 0 Å². The van der Waals surface area contributed by atoms with Gasteiger partial charge in [0.1, 0.15) is 5.75 Å². The van der Waals surface area contributed by atoms with Crippen LogP contribution < -0.4 is 15.4 Å². The van der Waals surface area contributed by atoms with Gasteiger partial charge in [0, 0.05) is 50.0 Å². The predicted molar refractivity (Wildman–Crippen MR) is 185 cm³/mol. The Kier molecular flexibility index (Phi) is 13.9. The monoisotopic (exact) mass is 704 g/mol. The van der Waals surface area contributed by atoms with Crippen LogP contribution in [0.4, 0.5) is 29.3 Å². The minimum atomic E-state index is -4.48. The van der Waals surface area contributed by atoms with Crippen molar-refractivity contribution in [3.05, 3.63) is 53.6 Å². The maximum Gasteiger partial charge on any atom is 0.416 e. The van der Waals surface area contributed by atoms with Crippen molar-refractivity contribution in [3.8, 4) is 5.75 Å². The Hall–Kier alpha value is -3.84. The molecule has 0 radical (unpaired) electrons. The molecule has 10 nitrogen and oxygen atoms in total. The number of carbonyl (C=O) groups is 3. The third-order valence-electron chi connectivity index (χ3n) is 9.56. The number of carbonyl (C=O) groups excluding carboxylic acids is 3. The zero-order valence-corrected chi connectivity index (χ0v) is 29.4. The first-order valence-electron chi connectivity index (χ1n) is 17.6. The van der Waals surface area contributed by atoms with Gasteiger partial charge < -0.3 is 35.0 Å². The number of halogens is 3. The van der Waals surface area contributed by atoms with Gasteiger partial charge in [-0.1, -0.05) is 26.2 Å². The van der Waals surface area contributed by atoms with E-state index in [9.17, 15) is 32.7 Å². The molecule has 50 heavy (non-hydrogen) atoms. The normalized spacial score (nSPS) is 22.0. The van der Waals surface area contributed by atoms with Gasteiger partial charge in [-0.15, -0.1) is 0 Å². The van der Waals surface area contributed by atoms with E-state index in [0.717, 1.165) is 57.1 Å². The van der Waals surface area contributed by atoms with Crippen LogP contribution in [0.1, 0.15) is 88.1 Å². The van der Waals surface area contributed by atoms with Gasteiger partial charge in [0.05, 0.1) is 36.0 Å². The molecule has 3 N–H and O–H groups in total. The summed E-state index contributed by atoms with van der Waals surface area (Å²) in [6.45, 7) is 5.99. The van der Waals surface area contributed by atoms with Crippen LogP contribution in [0.3, 0.4) is 0 Å². The van der Waals surface area contributed by atoms with Gasteiger partial charge in [0.25, 0.3) is 5.91 Å². The van der Waals surface area contributed by atoms with Crippen molar-refractivity contribution >= 4 is 29.2 Å². The molecule has 0 aromatic heterocycles. The zero-order valence-electron chi connectivity index (χ0n) is 29.4. The number of alkyl halides is 3. The quantitative estimate of drug-likeness (QED) is 0.281. The molecule has 4 atom stereocenters. The third kappa shape index (κ3) is 10.8. The van der Waals surface area contributed by atoms with Gasteiger partial charge in [0.2, 0.25) is 5.91 Å². The summed E-state index contributed by atoms with van der Waals surface area (Å²) >= 11 is 0. The van der Waals surface area contributed by atoms with Crippen molar-refractivity contribution in [1.29, 1.82) is 0 Å². The molecular formula is C37H51F3N4O6. The van der Waals surface area contributed by atoms with Crippen molar-refractivity contribution in [1.82, 2.24) is 9.80 Å². The molecule has 1 heterocycles. The molecule has 1 aliphatic carbocycles. The number of anilines is 2. The highest BCUT2D eigenvalue weighted by Gasteiger charge is 2.32. The molecule has 0 spiro atoms. The molecule has 4 amide bonds. The second-order valence-corrected chi connectivity index (χ2v) is 13.7. The lowest BCUT2D eigenvalue weighted by Gasteiger charge is -2.35. The fourth-order valence-corrected chi connectivity index (χ4v) is 6.39. The van der Waals surface area contributed by atoms with Crippen molar-refractivity contribution < 1.29 is 42.1 Å².